The SMILES string of the molecule is CC#CC[C@H](C)[C@H](O)C=C[C@@H]1[C@H]2CC(=CCCCC(=O)N3CCN(C)CC3)C[C@H]2C[C@H]1O. The number of hydrogen-bond donors (Lipinski definition) is 2. The summed E-state index contributed by atoms with van der Waals surface area (Å²) in [5.41, 5.74) is 1.49. The van der Waals surface area contributed by atoms with E-state index in [0.717, 1.165) is 58.3 Å². The summed E-state index contributed by atoms with van der Waals surface area (Å²) in [5, 5.41) is 21.0. The van der Waals surface area contributed by atoms with Crippen LogP contribution in [0.25, 0.3) is 0 Å². The number of amides is 1. The lowest BCUT2D eigenvalue weighted by Crippen LogP contribution is -2.47. The highest BCUT2D eigenvalue weighted by molar-refractivity contribution is 5.76. The van der Waals surface area contributed by atoms with Crippen molar-refractivity contribution in [3.63, 3.8) is 0 Å². The largest absolute Gasteiger partial charge is 0.392 e. The molecule has 178 valence electrons. The molecule has 2 saturated carbocycles. The second-order valence-corrected chi connectivity index (χ2v) is 10.1. The predicted octanol–water partition coefficient (Wildman–Crippen LogP) is 3.23. The molecule has 6 atom stereocenters. The molecule has 5 heteroatoms. The molecule has 0 aromatic heterocycles. The van der Waals surface area contributed by atoms with Crippen LogP contribution in [0.4, 0.5) is 0 Å². The quantitative estimate of drug-likeness (QED) is 0.344. The van der Waals surface area contributed by atoms with Gasteiger partial charge in [-0.05, 0) is 63.8 Å². The molecule has 0 spiro atoms. The van der Waals surface area contributed by atoms with Crippen LogP contribution in [0, 0.1) is 35.5 Å². The Balaban J connectivity index is 1.43. The number of unbranched alkanes of at least 4 members (excludes halogenated alkanes) is 1. The Morgan fingerprint density at radius 1 is 1.25 bits per heavy atom. The van der Waals surface area contributed by atoms with Crippen molar-refractivity contribution in [1.29, 1.82) is 0 Å². The number of allylic oxidation sites excluding steroid dienone is 2. The van der Waals surface area contributed by atoms with Gasteiger partial charge in [0.1, 0.15) is 0 Å². The predicted molar refractivity (Wildman–Crippen MR) is 129 cm³/mol. The first-order valence-electron chi connectivity index (χ1n) is 12.5. The van der Waals surface area contributed by atoms with Crippen LogP contribution in [-0.4, -0.2) is 71.4 Å². The zero-order valence-electron chi connectivity index (χ0n) is 20.2. The van der Waals surface area contributed by atoms with Gasteiger partial charge in [-0.2, -0.15) is 0 Å². The first kappa shape index (κ1) is 25.0. The van der Waals surface area contributed by atoms with Crippen molar-refractivity contribution in [3.8, 4) is 11.8 Å². The van der Waals surface area contributed by atoms with Crippen LogP contribution >= 0.6 is 0 Å². The molecule has 3 fully saturated rings. The van der Waals surface area contributed by atoms with E-state index in [-0.39, 0.29) is 17.9 Å². The number of aliphatic hydroxyl groups is 2. The van der Waals surface area contributed by atoms with Crippen molar-refractivity contribution in [1.82, 2.24) is 9.80 Å². The molecule has 3 rings (SSSR count). The van der Waals surface area contributed by atoms with Gasteiger partial charge in [-0.1, -0.05) is 30.7 Å². The zero-order valence-corrected chi connectivity index (χ0v) is 20.2. The van der Waals surface area contributed by atoms with E-state index < -0.39 is 6.10 Å². The number of aliphatic hydroxyl groups excluding tert-OH is 2. The third-order valence-corrected chi connectivity index (χ3v) is 7.71. The topological polar surface area (TPSA) is 64.0 Å². The molecule has 5 nitrogen and oxygen atoms in total. The summed E-state index contributed by atoms with van der Waals surface area (Å²) in [4.78, 5) is 16.7. The highest BCUT2D eigenvalue weighted by Crippen LogP contribution is 2.50. The fourth-order valence-corrected chi connectivity index (χ4v) is 5.53. The minimum atomic E-state index is -0.517. The molecule has 0 bridgehead atoms. The Morgan fingerprint density at radius 3 is 2.72 bits per heavy atom. The Bertz CT molecular complexity index is 742. The van der Waals surface area contributed by atoms with Gasteiger partial charge in [-0.25, -0.2) is 0 Å². The van der Waals surface area contributed by atoms with Crippen LogP contribution in [0.2, 0.25) is 0 Å². The van der Waals surface area contributed by atoms with Gasteiger partial charge in [-0.15, -0.1) is 11.8 Å². The number of fused-ring (bicyclic) bond motifs is 1. The lowest BCUT2D eigenvalue weighted by atomic mass is 9.89. The average molecular weight is 443 g/mol. The van der Waals surface area contributed by atoms with Gasteiger partial charge in [0.05, 0.1) is 12.2 Å². The molecular weight excluding hydrogens is 400 g/mol. The van der Waals surface area contributed by atoms with Crippen LogP contribution < -0.4 is 0 Å². The summed E-state index contributed by atoms with van der Waals surface area (Å²) in [5.74, 6) is 7.45. The Labute approximate surface area is 194 Å². The average Bonchev–Trinajstić information content (AvgIpc) is 3.29. The van der Waals surface area contributed by atoms with Gasteiger partial charge in [0.15, 0.2) is 0 Å². The van der Waals surface area contributed by atoms with Crippen molar-refractivity contribution >= 4 is 5.91 Å². The minimum absolute atomic E-state index is 0.0978. The third-order valence-electron chi connectivity index (χ3n) is 7.71. The number of carbonyl (C=O) groups is 1. The van der Waals surface area contributed by atoms with Crippen molar-refractivity contribution < 1.29 is 15.0 Å². The zero-order chi connectivity index (χ0) is 23.1. The maximum absolute atomic E-state index is 12.4. The van der Waals surface area contributed by atoms with Crippen molar-refractivity contribution in [2.75, 3.05) is 33.2 Å². The van der Waals surface area contributed by atoms with Gasteiger partial charge in [0, 0.05) is 44.9 Å². The highest BCUT2D eigenvalue weighted by atomic mass is 16.3. The monoisotopic (exact) mass is 442 g/mol. The summed E-state index contributed by atoms with van der Waals surface area (Å²) < 4.78 is 0. The van der Waals surface area contributed by atoms with E-state index in [1.165, 1.54) is 5.57 Å². The first-order chi connectivity index (χ1) is 15.4. The van der Waals surface area contributed by atoms with E-state index in [1.807, 2.05) is 24.8 Å². The molecule has 1 aliphatic heterocycles. The maximum Gasteiger partial charge on any atom is 0.222 e. The molecule has 2 aliphatic carbocycles. The van der Waals surface area contributed by atoms with E-state index in [9.17, 15) is 15.0 Å². The van der Waals surface area contributed by atoms with Crippen molar-refractivity contribution in [2.45, 2.75) is 71.0 Å². The number of rotatable bonds is 8. The molecule has 0 radical (unpaired) electrons. The Kier molecular flexibility index (Phi) is 9.40. The van der Waals surface area contributed by atoms with Crippen molar-refractivity contribution in [3.05, 3.63) is 23.8 Å². The summed E-state index contributed by atoms with van der Waals surface area (Å²) in [6.45, 7) is 7.50. The van der Waals surface area contributed by atoms with E-state index in [4.69, 9.17) is 0 Å². The smallest absolute Gasteiger partial charge is 0.222 e. The van der Waals surface area contributed by atoms with Crippen LogP contribution in [-0.2, 0) is 4.79 Å². The molecule has 1 saturated heterocycles. The second-order valence-electron chi connectivity index (χ2n) is 10.1. The van der Waals surface area contributed by atoms with Gasteiger partial charge < -0.3 is 20.0 Å². The number of likely N-dealkylation sites (N-methyl/N-ethyl adjacent to an activating group) is 1. The van der Waals surface area contributed by atoms with Crippen LogP contribution in [0.5, 0.6) is 0 Å². The number of piperazine rings is 1. The lowest BCUT2D eigenvalue weighted by Gasteiger charge is -2.32. The minimum Gasteiger partial charge on any atom is -0.392 e. The van der Waals surface area contributed by atoms with Gasteiger partial charge in [0.2, 0.25) is 5.91 Å². The van der Waals surface area contributed by atoms with Gasteiger partial charge in [0.25, 0.3) is 0 Å². The first-order valence-corrected chi connectivity index (χ1v) is 12.5. The Hall–Kier alpha value is -1.61. The lowest BCUT2D eigenvalue weighted by molar-refractivity contribution is -0.132. The van der Waals surface area contributed by atoms with E-state index in [2.05, 4.69) is 35.9 Å². The van der Waals surface area contributed by atoms with Crippen LogP contribution in [0.15, 0.2) is 23.8 Å². The highest BCUT2D eigenvalue weighted by Gasteiger charge is 2.45. The second kappa shape index (κ2) is 12.0. The number of hydrogen-bond acceptors (Lipinski definition) is 4. The molecule has 1 heterocycles. The van der Waals surface area contributed by atoms with E-state index in [0.29, 0.717) is 30.6 Å². The van der Waals surface area contributed by atoms with Gasteiger partial charge >= 0.3 is 0 Å². The molecule has 1 amide bonds. The normalized spacial score (nSPS) is 31.5. The van der Waals surface area contributed by atoms with Crippen molar-refractivity contribution in [2.24, 2.45) is 23.7 Å². The summed E-state index contributed by atoms with van der Waals surface area (Å²) >= 11 is 0. The summed E-state index contributed by atoms with van der Waals surface area (Å²) in [6, 6.07) is 0. The maximum atomic E-state index is 12.4. The molecule has 0 aromatic rings. The molecule has 0 aromatic carbocycles. The fourth-order valence-electron chi connectivity index (χ4n) is 5.53. The number of carbonyl (C=O) groups excluding carboxylic acids is 1. The van der Waals surface area contributed by atoms with Gasteiger partial charge in [-0.3, -0.25) is 4.79 Å². The molecular formula is C27H42N2O3. The van der Waals surface area contributed by atoms with Crippen LogP contribution in [0.1, 0.15) is 58.8 Å². The molecule has 2 N–H and O–H groups in total. The van der Waals surface area contributed by atoms with Crippen LogP contribution in [0.3, 0.4) is 0 Å². The fraction of sp³-hybridized carbons (Fsp3) is 0.741. The Morgan fingerprint density at radius 2 is 2.00 bits per heavy atom. The standard InChI is InChI=1S/C27H42N2O3/c1-4-5-8-20(2)25(30)12-11-23-24-18-21(17-22(24)19-26(23)31)9-6-7-10-27(32)29-15-13-28(3)14-16-29/h9,11-12,20,22-26,30-31H,6-8,10,13-19H2,1-3H3/t20-,22-,23+,24-,25+,26+/m0/s1. The summed E-state index contributed by atoms with van der Waals surface area (Å²) in [7, 11) is 2.11. The molecule has 3 aliphatic rings. The third kappa shape index (κ3) is 6.70. The summed E-state index contributed by atoms with van der Waals surface area (Å²) in [6.07, 6.45) is 11.6. The van der Waals surface area contributed by atoms with E-state index >= 15 is 0 Å². The molecule has 0 unspecified atom stereocenters. The van der Waals surface area contributed by atoms with E-state index in [1.54, 1.807) is 0 Å². The number of nitrogens with zero attached hydrogens (tertiary/aromatic N) is 2. The molecule has 32 heavy (non-hydrogen) atoms.